The van der Waals surface area contributed by atoms with Crippen LogP contribution in [0.25, 0.3) is 0 Å². The van der Waals surface area contributed by atoms with Gasteiger partial charge in [-0.05, 0) is 47.9 Å². The summed E-state index contributed by atoms with van der Waals surface area (Å²) < 4.78 is 65.5. The zero-order chi connectivity index (χ0) is 20.7. The number of nitrogens with zero attached hydrogens (tertiary/aromatic N) is 1. The van der Waals surface area contributed by atoms with Crippen LogP contribution in [0.3, 0.4) is 0 Å². The van der Waals surface area contributed by atoms with Crippen LogP contribution in [-0.2, 0) is 27.8 Å². The molecule has 2 aromatic carbocycles. The zero-order valence-electron chi connectivity index (χ0n) is 14.1. The first-order valence-corrected chi connectivity index (χ1v) is 10.2. The summed E-state index contributed by atoms with van der Waals surface area (Å²) in [4.78, 5) is 12.0. The standard InChI is InChI=1S/C17H13Cl2F3N2O3S/c18-14-4-2-12(8-15(14)19)23-28(26,27)13-3-1-10-5-6-24(9-11(10)7-13)16(25)17(20,21)22/h1-4,7-8,23H,5-6,9H2. The number of anilines is 1. The number of hydrogen-bond acceptors (Lipinski definition) is 3. The molecule has 0 saturated heterocycles. The fourth-order valence-electron chi connectivity index (χ4n) is 2.83. The molecule has 0 spiro atoms. The molecule has 5 nitrogen and oxygen atoms in total. The molecule has 2 aromatic rings. The Morgan fingerprint density at radius 2 is 1.75 bits per heavy atom. The minimum atomic E-state index is -4.98. The van der Waals surface area contributed by atoms with E-state index >= 15 is 0 Å². The molecule has 1 heterocycles. The monoisotopic (exact) mass is 452 g/mol. The Bertz CT molecular complexity index is 1040. The van der Waals surface area contributed by atoms with E-state index in [0.29, 0.717) is 16.0 Å². The van der Waals surface area contributed by atoms with E-state index in [2.05, 4.69) is 4.72 Å². The molecule has 3 rings (SSSR count). The molecule has 0 atom stereocenters. The molecule has 28 heavy (non-hydrogen) atoms. The van der Waals surface area contributed by atoms with E-state index in [1.807, 2.05) is 0 Å². The molecule has 0 unspecified atom stereocenters. The van der Waals surface area contributed by atoms with E-state index in [4.69, 9.17) is 23.2 Å². The van der Waals surface area contributed by atoms with Crippen LogP contribution in [0.2, 0.25) is 10.0 Å². The molecule has 1 amide bonds. The second-order valence-corrected chi connectivity index (χ2v) is 8.64. The Hall–Kier alpha value is -1.97. The fraction of sp³-hybridized carbons (Fsp3) is 0.235. The lowest BCUT2D eigenvalue weighted by Gasteiger charge is -2.29. The van der Waals surface area contributed by atoms with Crippen molar-refractivity contribution < 1.29 is 26.4 Å². The number of rotatable bonds is 3. The highest BCUT2D eigenvalue weighted by molar-refractivity contribution is 7.92. The Morgan fingerprint density at radius 1 is 1.04 bits per heavy atom. The second kappa shape index (κ2) is 7.46. The highest BCUT2D eigenvalue weighted by Gasteiger charge is 2.43. The minimum Gasteiger partial charge on any atom is -0.330 e. The average Bonchev–Trinajstić information content (AvgIpc) is 2.62. The highest BCUT2D eigenvalue weighted by Crippen LogP contribution is 2.29. The van der Waals surface area contributed by atoms with Crippen molar-refractivity contribution in [1.29, 1.82) is 0 Å². The van der Waals surface area contributed by atoms with Crippen LogP contribution in [0.15, 0.2) is 41.3 Å². The third-order valence-corrected chi connectivity index (χ3v) is 6.32. The van der Waals surface area contributed by atoms with Gasteiger partial charge in [0, 0.05) is 13.1 Å². The van der Waals surface area contributed by atoms with E-state index in [1.54, 1.807) is 0 Å². The van der Waals surface area contributed by atoms with Crippen molar-refractivity contribution in [3.05, 3.63) is 57.6 Å². The lowest BCUT2D eigenvalue weighted by Crippen LogP contribution is -2.43. The van der Waals surface area contributed by atoms with Crippen molar-refractivity contribution >= 4 is 44.8 Å². The van der Waals surface area contributed by atoms with Crippen LogP contribution in [-0.4, -0.2) is 31.9 Å². The van der Waals surface area contributed by atoms with Crippen LogP contribution in [0.4, 0.5) is 18.9 Å². The molecule has 11 heteroatoms. The smallest absolute Gasteiger partial charge is 0.330 e. The summed E-state index contributed by atoms with van der Waals surface area (Å²) in [6.45, 7) is -0.400. The van der Waals surface area contributed by atoms with Crippen molar-refractivity contribution in [3.8, 4) is 0 Å². The first kappa shape index (κ1) is 20.8. The van der Waals surface area contributed by atoms with Gasteiger partial charge in [0.25, 0.3) is 10.0 Å². The number of nitrogens with one attached hydrogen (secondary N) is 1. The van der Waals surface area contributed by atoms with Gasteiger partial charge in [-0.1, -0.05) is 29.3 Å². The van der Waals surface area contributed by atoms with Gasteiger partial charge in [0.1, 0.15) is 0 Å². The largest absolute Gasteiger partial charge is 0.471 e. The third-order valence-electron chi connectivity index (χ3n) is 4.20. The topological polar surface area (TPSA) is 66.5 Å². The number of carbonyl (C=O) groups excluding carboxylic acids is 1. The number of amides is 1. The molecular formula is C17H13Cl2F3N2O3S. The zero-order valence-corrected chi connectivity index (χ0v) is 16.4. The van der Waals surface area contributed by atoms with Gasteiger partial charge in [-0.3, -0.25) is 9.52 Å². The normalized spacial score (nSPS) is 14.5. The first-order valence-electron chi connectivity index (χ1n) is 7.93. The number of carbonyl (C=O) groups is 1. The Labute approximate surface area is 169 Å². The van der Waals surface area contributed by atoms with E-state index in [-0.39, 0.29) is 40.1 Å². The molecule has 150 valence electrons. The lowest BCUT2D eigenvalue weighted by atomic mass is 10.00. The number of benzene rings is 2. The van der Waals surface area contributed by atoms with Crippen molar-refractivity contribution in [2.24, 2.45) is 0 Å². The molecule has 0 aliphatic carbocycles. The molecule has 0 saturated carbocycles. The Morgan fingerprint density at radius 3 is 2.39 bits per heavy atom. The number of sulfonamides is 1. The number of alkyl halides is 3. The summed E-state index contributed by atoms with van der Waals surface area (Å²) in [5, 5.41) is 0.418. The van der Waals surface area contributed by atoms with E-state index in [9.17, 15) is 26.4 Å². The van der Waals surface area contributed by atoms with Crippen LogP contribution in [0, 0.1) is 0 Å². The fourth-order valence-corrected chi connectivity index (χ4v) is 4.22. The SMILES string of the molecule is O=C(N1CCc2ccc(S(=O)(=O)Nc3ccc(Cl)c(Cl)c3)cc2C1)C(F)(F)F. The van der Waals surface area contributed by atoms with Gasteiger partial charge in [0.05, 0.1) is 20.6 Å². The van der Waals surface area contributed by atoms with Gasteiger partial charge in [-0.15, -0.1) is 0 Å². The lowest BCUT2D eigenvalue weighted by molar-refractivity contribution is -0.186. The van der Waals surface area contributed by atoms with Crippen molar-refractivity contribution in [2.45, 2.75) is 24.0 Å². The summed E-state index contributed by atoms with van der Waals surface area (Å²) >= 11 is 11.7. The van der Waals surface area contributed by atoms with Crippen LogP contribution < -0.4 is 4.72 Å². The van der Waals surface area contributed by atoms with E-state index in [1.165, 1.54) is 36.4 Å². The van der Waals surface area contributed by atoms with Crippen molar-refractivity contribution in [1.82, 2.24) is 4.90 Å². The maximum atomic E-state index is 12.7. The summed E-state index contributed by atoms with van der Waals surface area (Å²) in [6.07, 6.45) is -4.77. The van der Waals surface area contributed by atoms with Gasteiger partial charge < -0.3 is 4.90 Å². The molecule has 1 aliphatic rings. The Balaban J connectivity index is 1.86. The van der Waals surface area contributed by atoms with Crippen LogP contribution in [0.5, 0.6) is 0 Å². The highest BCUT2D eigenvalue weighted by atomic mass is 35.5. The van der Waals surface area contributed by atoms with E-state index < -0.39 is 22.1 Å². The molecule has 0 fully saturated rings. The predicted octanol–water partition coefficient (Wildman–Crippen LogP) is 4.24. The maximum Gasteiger partial charge on any atom is 0.471 e. The Kier molecular flexibility index (Phi) is 5.53. The molecule has 0 radical (unpaired) electrons. The summed E-state index contributed by atoms with van der Waals surface area (Å²) in [5.41, 5.74) is 1.22. The molecule has 0 aromatic heterocycles. The van der Waals surface area contributed by atoms with Gasteiger partial charge >= 0.3 is 12.1 Å². The van der Waals surface area contributed by atoms with Gasteiger partial charge in [-0.25, -0.2) is 8.42 Å². The summed E-state index contributed by atoms with van der Waals surface area (Å²) in [5.74, 6) is -1.94. The van der Waals surface area contributed by atoms with E-state index in [0.717, 1.165) is 0 Å². The first-order chi connectivity index (χ1) is 13.0. The van der Waals surface area contributed by atoms with Crippen LogP contribution in [0.1, 0.15) is 11.1 Å². The van der Waals surface area contributed by atoms with Crippen molar-refractivity contribution in [3.63, 3.8) is 0 Å². The minimum absolute atomic E-state index is 0.0844. The van der Waals surface area contributed by atoms with Crippen LogP contribution >= 0.6 is 23.2 Å². The molecule has 1 aliphatic heterocycles. The van der Waals surface area contributed by atoms with Gasteiger partial charge in [-0.2, -0.15) is 13.2 Å². The van der Waals surface area contributed by atoms with Gasteiger partial charge in [0.15, 0.2) is 0 Å². The average molecular weight is 453 g/mol. The quantitative estimate of drug-likeness (QED) is 0.756. The second-order valence-electron chi connectivity index (χ2n) is 6.14. The number of fused-ring (bicyclic) bond motifs is 1. The summed E-state index contributed by atoms with van der Waals surface area (Å²) in [6, 6.07) is 8.35. The number of hydrogen-bond donors (Lipinski definition) is 1. The van der Waals surface area contributed by atoms with Crippen molar-refractivity contribution in [2.75, 3.05) is 11.3 Å². The predicted molar refractivity (Wildman–Crippen MR) is 98.9 cm³/mol. The summed E-state index contributed by atoms with van der Waals surface area (Å²) in [7, 11) is -4.02. The number of halogens is 5. The third kappa shape index (κ3) is 4.37. The van der Waals surface area contributed by atoms with Gasteiger partial charge in [0.2, 0.25) is 0 Å². The maximum absolute atomic E-state index is 12.7. The molecule has 0 bridgehead atoms. The molecular weight excluding hydrogens is 440 g/mol. The molecule has 1 N–H and O–H groups in total.